The maximum Gasteiger partial charge on any atom is 0.303 e. The second kappa shape index (κ2) is 8.48. The molecule has 1 saturated heterocycles. The van der Waals surface area contributed by atoms with Crippen LogP contribution in [0.2, 0.25) is 0 Å². The van der Waals surface area contributed by atoms with Crippen LogP contribution in [0.25, 0.3) is 11.0 Å². The van der Waals surface area contributed by atoms with E-state index in [4.69, 9.17) is 10.1 Å². The van der Waals surface area contributed by atoms with Gasteiger partial charge in [0.15, 0.2) is 0 Å². The standard InChI is InChI=1S/C23H31F2N3O3S/c1-22(2,3)21-26-18-11-17(32(31)27-12-16(13-27)10-20(29)30)4-5-19(18)28(21)14-15-6-8-23(24,25)9-7-15/h4-5,11,15-16H,6-10,12-14H2,1-3H3,(H,29,30). The van der Waals surface area contributed by atoms with Gasteiger partial charge in [-0.15, -0.1) is 0 Å². The molecule has 2 heterocycles. The molecule has 1 atom stereocenters. The van der Waals surface area contributed by atoms with Crippen molar-refractivity contribution in [2.45, 2.75) is 75.7 Å². The number of benzene rings is 1. The molecule has 32 heavy (non-hydrogen) atoms. The average molecular weight is 468 g/mol. The number of rotatable bonds is 6. The number of carbonyl (C=O) groups is 1. The summed E-state index contributed by atoms with van der Waals surface area (Å²) in [6.45, 7) is 7.92. The first-order chi connectivity index (χ1) is 14.9. The van der Waals surface area contributed by atoms with E-state index >= 15 is 0 Å². The van der Waals surface area contributed by atoms with E-state index in [0.717, 1.165) is 16.9 Å². The summed E-state index contributed by atoms with van der Waals surface area (Å²) in [5.74, 6) is -2.24. The molecule has 1 aliphatic carbocycles. The first-order valence-corrected chi connectivity index (χ1v) is 12.3. The van der Waals surface area contributed by atoms with Crippen molar-refractivity contribution >= 4 is 28.0 Å². The molecule has 2 aliphatic rings. The SMILES string of the molecule is CC(C)(C)c1nc2cc(S(=O)N3CC(CC(=O)O)C3)ccc2n1CC1CCC(F)(F)CC1. The van der Waals surface area contributed by atoms with E-state index in [2.05, 4.69) is 25.3 Å². The molecule has 0 spiro atoms. The zero-order valence-electron chi connectivity index (χ0n) is 18.8. The van der Waals surface area contributed by atoms with E-state index in [-0.39, 0.29) is 36.5 Å². The molecule has 1 saturated carbocycles. The number of fused-ring (bicyclic) bond motifs is 1. The van der Waals surface area contributed by atoms with Crippen LogP contribution in [-0.2, 0) is 27.7 Å². The molecule has 1 aromatic heterocycles. The smallest absolute Gasteiger partial charge is 0.303 e. The van der Waals surface area contributed by atoms with Gasteiger partial charge in [0.25, 0.3) is 0 Å². The van der Waals surface area contributed by atoms with Gasteiger partial charge in [0, 0.05) is 37.9 Å². The van der Waals surface area contributed by atoms with Crippen molar-refractivity contribution in [1.82, 2.24) is 13.9 Å². The molecule has 1 aliphatic heterocycles. The number of imidazole rings is 1. The highest BCUT2D eigenvalue weighted by Gasteiger charge is 2.36. The fourth-order valence-electron chi connectivity index (χ4n) is 4.70. The Kier molecular flexibility index (Phi) is 6.17. The third-order valence-electron chi connectivity index (χ3n) is 6.49. The van der Waals surface area contributed by atoms with Gasteiger partial charge in [-0.2, -0.15) is 0 Å². The Labute approximate surface area is 189 Å². The largest absolute Gasteiger partial charge is 0.481 e. The molecule has 0 radical (unpaired) electrons. The van der Waals surface area contributed by atoms with Gasteiger partial charge in [-0.25, -0.2) is 22.3 Å². The maximum absolute atomic E-state index is 13.6. The van der Waals surface area contributed by atoms with Crippen molar-refractivity contribution in [3.05, 3.63) is 24.0 Å². The lowest BCUT2D eigenvalue weighted by Crippen LogP contribution is -2.48. The van der Waals surface area contributed by atoms with Gasteiger partial charge >= 0.3 is 5.97 Å². The molecular weight excluding hydrogens is 436 g/mol. The lowest BCUT2D eigenvalue weighted by molar-refractivity contribution is -0.139. The zero-order valence-corrected chi connectivity index (χ0v) is 19.6. The minimum Gasteiger partial charge on any atom is -0.481 e. The van der Waals surface area contributed by atoms with E-state index in [9.17, 15) is 17.8 Å². The molecule has 9 heteroatoms. The van der Waals surface area contributed by atoms with E-state index < -0.39 is 22.9 Å². The van der Waals surface area contributed by atoms with Crippen molar-refractivity contribution in [2.75, 3.05) is 13.1 Å². The van der Waals surface area contributed by atoms with Gasteiger partial charge in [0.1, 0.15) is 16.8 Å². The van der Waals surface area contributed by atoms with Crippen LogP contribution in [0, 0.1) is 11.8 Å². The molecule has 176 valence electrons. The third-order valence-corrected chi connectivity index (χ3v) is 7.92. The maximum atomic E-state index is 13.6. The lowest BCUT2D eigenvalue weighted by atomic mass is 9.86. The Morgan fingerprint density at radius 2 is 1.88 bits per heavy atom. The normalized spacial score (nSPS) is 21.5. The third kappa shape index (κ3) is 4.88. The van der Waals surface area contributed by atoms with Crippen molar-refractivity contribution in [1.29, 1.82) is 0 Å². The van der Waals surface area contributed by atoms with Crippen molar-refractivity contribution < 1.29 is 22.9 Å². The number of hydrogen-bond acceptors (Lipinski definition) is 3. The number of carboxylic acids is 1. The molecule has 2 fully saturated rings. The Morgan fingerprint density at radius 1 is 1.22 bits per heavy atom. The van der Waals surface area contributed by atoms with Crippen LogP contribution in [0.1, 0.15) is 58.7 Å². The number of hydrogen-bond donors (Lipinski definition) is 1. The minimum absolute atomic E-state index is 0.0368. The first kappa shape index (κ1) is 23.3. The van der Waals surface area contributed by atoms with Crippen LogP contribution in [0.4, 0.5) is 8.78 Å². The summed E-state index contributed by atoms with van der Waals surface area (Å²) in [6, 6.07) is 5.61. The molecule has 2 aromatic rings. The van der Waals surface area contributed by atoms with E-state index in [1.54, 1.807) is 4.31 Å². The molecule has 6 nitrogen and oxygen atoms in total. The van der Waals surface area contributed by atoms with Crippen LogP contribution >= 0.6 is 0 Å². The molecule has 1 aromatic carbocycles. The molecule has 4 rings (SSSR count). The number of nitrogens with zero attached hydrogens (tertiary/aromatic N) is 3. The van der Waals surface area contributed by atoms with E-state index in [0.29, 0.717) is 37.4 Å². The van der Waals surface area contributed by atoms with Gasteiger partial charge in [-0.1, -0.05) is 20.8 Å². The number of alkyl halides is 2. The highest BCUT2D eigenvalue weighted by Crippen LogP contribution is 2.38. The minimum atomic E-state index is -2.54. The first-order valence-electron chi connectivity index (χ1n) is 11.2. The summed E-state index contributed by atoms with van der Waals surface area (Å²) in [5.41, 5.74) is 1.46. The van der Waals surface area contributed by atoms with Gasteiger partial charge in [-0.3, -0.25) is 4.79 Å². The quantitative estimate of drug-likeness (QED) is 0.674. The van der Waals surface area contributed by atoms with Gasteiger partial charge < -0.3 is 9.67 Å². The predicted molar refractivity (Wildman–Crippen MR) is 119 cm³/mol. The molecular formula is C23H31F2N3O3S. The summed E-state index contributed by atoms with van der Waals surface area (Å²) in [6.07, 6.45) is 0.989. The second-order valence-corrected chi connectivity index (χ2v) is 11.8. The van der Waals surface area contributed by atoms with Crippen LogP contribution in [0.3, 0.4) is 0 Å². The molecule has 0 bridgehead atoms. The highest BCUT2D eigenvalue weighted by molar-refractivity contribution is 7.82. The van der Waals surface area contributed by atoms with Gasteiger partial charge in [0.2, 0.25) is 5.92 Å². The predicted octanol–water partition coefficient (Wildman–Crippen LogP) is 4.59. The second-order valence-electron chi connectivity index (χ2n) is 10.3. The number of aromatic nitrogens is 2. The highest BCUT2D eigenvalue weighted by atomic mass is 32.2. The monoisotopic (exact) mass is 467 g/mol. The lowest BCUT2D eigenvalue weighted by Gasteiger charge is -2.36. The molecule has 1 N–H and O–H groups in total. The van der Waals surface area contributed by atoms with Crippen LogP contribution in [0.5, 0.6) is 0 Å². The van der Waals surface area contributed by atoms with Crippen LogP contribution in [-0.4, -0.2) is 48.2 Å². The van der Waals surface area contributed by atoms with Gasteiger partial charge in [-0.05, 0) is 42.9 Å². The van der Waals surface area contributed by atoms with Crippen LogP contribution in [0.15, 0.2) is 23.1 Å². The Bertz CT molecular complexity index is 1030. The Hall–Kier alpha value is -1.87. The van der Waals surface area contributed by atoms with E-state index in [1.807, 2.05) is 18.2 Å². The van der Waals surface area contributed by atoms with Gasteiger partial charge in [0.05, 0.1) is 22.3 Å². The van der Waals surface area contributed by atoms with Crippen molar-refractivity contribution in [2.24, 2.45) is 11.8 Å². The number of aliphatic carboxylic acids is 1. The Balaban J connectivity index is 1.56. The average Bonchev–Trinajstić information content (AvgIpc) is 3.03. The summed E-state index contributed by atoms with van der Waals surface area (Å²) in [7, 11) is -1.36. The fourth-order valence-corrected chi connectivity index (χ4v) is 6.09. The topological polar surface area (TPSA) is 75.4 Å². The summed E-state index contributed by atoms with van der Waals surface area (Å²) in [5, 5.41) is 8.90. The van der Waals surface area contributed by atoms with Crippen molar-refractivity contribution in [3.63, 3.8) is 0 Å². The fraction of sp³-hybridized carbons (Fsp3) is 0.652. The Morgan fingerprint density at radius 3 is 2.47 bits per heavy atom. The number of halogens is 2. The van der Waals surface area contributed by atoms with Crippen LogP contribution < -0.4 is 0 Å². The molecule has 0 amide bonds. The summed E-state index contributed by atoms with van der Waals surface area (Å²) in [4.78, 5) is 16.4. The van der Waals surface area contributed by atoms with E-state index in [1.165, 1.54) is 0 Å². The summed E-state index contributed by atoms with van der Waals surface area (Å²) < 4.78 is 44.1. The zero-order chi connectivity index (χ0) is 23.3. The number of carboxylic acid groups (broad SMARTS) is 1. The molecule has 1 unspecified atom stereocenters. The summed E-state index contributed by atoms with van der Waals surface area (Å²) >= 11 is 0. The van der Waals surface area contributed by atoms with Crippen molar-refractivity contribution in [3.8, 4) is 0 Å².